The first-order valence-corrected chi connectivity index (χ1v) is 8.28. The maximum Gasteiger partial charge on any atom is 0.261 e. The second kappa shape index (κ2) is 5.71. The summed E-state index contributed by atoms with van der Waals surface area (Å²) in [6.45, 7) is 7.45. The molecule has 4 nitrogen and oxygen atoms in total. The van der Waals surface area contributed by atoms with Crippen molar-refractivity contribution in [1.82, 2.24) is 9.80 Å². The van der Waals surface area contributed by atoms with Crippen molar-refractivity contribution in [2.45, 2.75) is 26.2 Å². The Bertz CT molecular complexity index is 831. The zero-order chi connectivity index (χ0) is 17.6. The number of amides is 2. The molecule has 2 aromatic carbocycles. The molecule has 4 heteroatoms. The van der Waals surface area contributed by atoms with Crippen molar-refractivity contribution in [1.29, 1.82) is 0 Å². The van der Waals surface area contributed by atoms with E-state index < -0.39 is 0 Å². The molecule has 1 aliphatic heterocycles. The highest BCUT2D eigenvalue weighted by Crippen LogP contribution is 2.34. The molecule has 24 heavy (non-hydrogen) atoms. The van der Waals surface area contributed by atoms with Crippen LogP contribution in [0.4, 0.5) is 0 Å². The molecule has 2 amide bonds. The molecule has 3 rings (SSSR count). The van der Waals surface area contributed by atoms with E-state index in [1.807, 2.05) is 43.3 Å². The molecule has 0 bridgehead atoms. The zero-order valence-corrected chi connectivity index (χ0v) is 15.0. The van der Waals surface area contributed by atoms with Crippen LogP contribution in [0.25, 0.3) is 10.8 Å². The van der Waals surface area contributed by atoms with Crippen LogP contribution >= 0.6 is 0 Å². The first kappa shape index (κ1) is 16.7. The summed E-state index contributed by atoms with van der Waals surface area (Å²) in [4.78, 5) is 29.1. The molecule has 0 atom stereocenters. The summed E-state index contributed by atoms with van der Waals surface area (Å²) in [5.74, 6) is -0.375. The fourth-order valence-electron chi connectivity index (χ4n) is 3.09. The van der Waals surface area contributed by atoms with Gasteiger partial charge >= 0.3 is 0 Å². The van der Waals surface area contributed by atoms with Crippen LogP contribution in [0.3, 0.4) is 0 Å². The van der Waals surface area contributed by atoms with Gasteiger partial charge in [0.2, 0.25) is 0 Å². The van der Waals surface area contributed by atoms with Gasteiger partial charge in [0, 0.05) is 29.6 Å². The highest BCUT2D eigenvalue weighted by atomic mass is 16.2. The van der Waals surface area contributed by atoms with E-state index in [9.17, 15) is 9.59 Å². The number of hydrogen-bond donors (Lipinski definition) is 0. The van der Waals surface area contributed by atoms with Crippen molar-refractivity contribution in [3.8, 4) is 0 Å². The van der Waals surface area contributed by atoms with E-state index in [0.29, 0.717) is 24.2 Å². The van der Waals surface area contributed by atoms with Gasteiger partial charge < -0.3 is 4.90 Å². The number of nitrogens with zero attached hydrogens (tertiary/aromatic N) is 2. The van der Waals surface area contributed by atoms with E-state index in [1.165, 1.54) is 4.90 Å². The monoisotopic (exact) mass is 324 g/mol. The molecule has 0 aliphatic carbocycles. The molecular weight excluding hydrogens is 300 g/mol. The quantitative estimate of drug-likeness (QED) is 0.814. The SMILES string of the molecule is CN(C)CCN1C(=O)c2cccc3cc(C(C)(C)C)cc(c23)C1=O. The third-order valence-electron chi connectivity index (χ3n) is 4.56. The maximum absolute atomic E-state index is 13.0. The molecule has 0 N–H and O–H groups in total. The van der Waals surface area contributed by atoms with E-state index in [4.69, 9.17) is 0 Å². The largest absolute Gasteiger partial charge is 0.308 e. The molecule has 0 saturated heterocycles. The van der Waals surface area contributed by atoms with Gasteiger partial charge in [0.05, 0.1) is 0 Å². The van der Waals surface area contributed by atoms with Crippen LogP contribution in [-0.2, 0) is 5.41 Å². The third-order valence-corrected chi connectivity index (χ3v) is 4.56. The number of carbonyl (C=O) groups is 2. The molecule has 0 fully saturated rings. The Hall–Kier alpha value is -2.20. The van der Waals surface area contributed by atoms with E-state index in [1.54, 1.807) is 0 Å². The van der Waals surface area contributed by atoms with Crippen LogP contribution < -0.4 is 0 Å². The predicted octanol–water partition coefficient (Wildman–Crippen LogP) is 3.29. The first-order valence-electron chi connectivity index (χ1n) is 8.28. The molecule has 0 aromatic heterocycles. The Morgan fingerprint density at radius 1 is 1.00 bits per heavy atom. The number of rotatable bonds is 3. The lowest BCUT2D eigenvalue weighted by atomic mass is 9.82. The van der Waals surface area contributed by atoms with Crippen LogP contribution in [0.1, 0.15) is 47.1 Å². The molecule has 126 valence electrons. The van der Waals surface area contributed by atoms with Crippen LogP contribution in [0.2, 0.25) is 0 Å². The Morgan fingerprint density at radius 3 is 2.29 bits per heavy atom. The number of benzene rings is 2. The number of carbonyl (C=O) groups excluding carboxylic acids is 2. The lowest BCUT2D eigenvalue weighted by molar-refractivity contribution is 0.0601. The average molecular weight is 324 g/mol. The fourth-order valence-corrected chi connectivity index (χ4v) is 3.09. The van der Waals surface area contributed by atoms with Crippen LogP contribution in [0.5, 0.6) is 0 Å². The highest BCUT2D eigenvalue weighted by Gasteiger charge is 2.33. The normalized spacial score (nSPS) is 14.8. The summed E-state index contributed by atoms with van der Waals surface area (Å²) in [5, 5.41) is 1.76. The van der Waals surface area contributed by atoms with Gasteiger partial charge in [0.1, 0.15) is 0 Å². The minimum atomic E-state index is -0.191. The van der Waals surface area contributed by atoms with Crippen LogP contribution in [0, 0.1) is 0 Å². The van der Waals surface area contributed by atoms with E-state index in [-0.39, 0.29) is 17.2 Å². The van der Waals surface area contributed by atoms with Crippen molar-refractivity contribution in [3.05, 3.63) is 47.0 Å². The first-order chi connectivity index (χ1) is 11.2. The molecular formula is C20H24N2O2. The minimum Gasteiger partial charge on any atom is -0.308 e. The minimum absolute atomic E-state index is 0.0586. The van der Waals surface area contributed by atoms with Gasteiger partial charge in [-0.2, -0.15) is 0 Å². The summed E-state index contributed by atoms with van der Waals surface area (Å²) in [5.41, 5.74) is 2.32. The summed E-state index contributed by atoms with van der Waals surface area (Å²) in [7, 11) is 3.87. The van der Waals surface area contributed by atoms with Crippen LogP contribution in [-0.4, -0.2) is 48.8 Å². The van der Waals surface area contributed by atoms with E-state index in [0.717, 1.165) is 16.3 Å². The highest BCUT2D eigenvalue weighted by molar-refractivity contribution is 6.25. The molecule has 2 aromatic rings. The Balaban J connectivity index is 2.19. The average Bonchev–Trinajstić information content (AvgIpc) is 2.50. The smallest absolute Gasteiger partial charge is 0.261 e. The van der Waals surface area contributed by atoms with Gasteiger partial charge in [-0.1, -0.05) is 39.0 Å². The Morgan fingerprint density at radius 2 is 1.67 bits per heavy atom. The topological polar surface area (TPSA) is 40.6 Å². The maximum atomic E-state index is 13.0. The van der Waals surface area contributed by atoms with Gasteiger partial charge in [-0.3, -0.25) is 14.5 Å². The number of likely N-dealkylation sites (N-methyl/N-ethyl adjacent to an activating group) is 1. The standard InChI is InChI=1S/C20H24N2O2/c1-20(2,3)14-11-13-7-6-8-15-17(13)16(12-14)19(24)22(18(15)23)10-9-21(4)5/h6-8,11-12H,9-10H2,1-5H3. The third kappa shape index (κ3) is 2.71. The lowest BCUT2D eigenvalue weighted by Gasteiger charge is -2.30. The van der Waals surface area contributed by atoms with Gasteiger partial charge in [-0.05, 0) is 42.6 Å². The lowest BCUT2D eigenvalue weighted by Crippen LogP contribution is -2.43. The second-order valence-electron chi connectivity index (χ2n) is 7.74. The van der Waals surface area contributed by atoms with Gasteiger partial charge in [-0.25, -0.2) is 0 Å². The van der Waals surface area contributed by atoms with E-state index in [2.05, 4.69) is 26.8 Å². The van der Waals surface area contributed by atoms with Crippen LogP contribution in [0.15, 0.2) is 30.3 Å². The summed E-state index contributed by atoms with van der Waals surface area (Å²) < 4.78 is 0. The molecule has 0 radical (unpaired) electrons. The summed E-state index contributed by atoms with van der Waals surface area (Å²) >= 11 is 0. The Labute approximate surface area is 143 Å². The number of hydrogen-bond acceptors (Lipinski definition) is 3. The van der Waals surface area contributed by atoms with Crippen molar-refractivity contribution >= 4 is 22.6 Å². The van der Waals surface area contributed by atoms with E-state index >= 15 is 0 Å². The second-order valence-corrected chi connectivity index (χ2v) is 7.74. The summed E-state index contributed by atoms with van der Waals surface area (Å²) in [6.07, 6.45) is 0. The number of imide groups is 1. The molecule has 0 spiro atoms. The zero-order valence-electron chi connectivity index (χ0n) is 15.0. The Kier molecular flexibility index (Phi) is 3.96. The van der Waals surface area contributed by atoms with Crippen molar-refractivity contribution < 1.29 is 9.59 Å². The van der Waals surface area contributed by atoms with Gasteiger partial charge in [0.25, 0.3) is 11.8 Å². The molecule has 1 heterocycles. The van der Waals surface area contributed by atoms with Crippen molar-refractivity contribution in [2.24, 2.45) is 0 Å². The van der Waals surface area contributed by atoms with Gasteiger partial charge in [-0.15, -0.1) is 0 Å². The van der Waals surface area contributed by atoms with Gasteiger partial charge in [0.15, 0.2) is 0 Å². The van der Waals surface area contributed by atoms with Crippen molar-refractivity contribution in [2.75, 3.05) is 27.2 Å². The molecule has 0 unspecified atom stereocenters. The fraction of sp³-hybridized carbons (Fsp3) is 0.400. The molecule has 0 saturated carbocycles. The summed E-state index contributed by atoms with van der Waals surface area (Å²) in [6, 6.07) is 9.75. The predicted molar refractivity (Wildman–Crippen MR) is 96.6 cm³/mol. The van der Waals surface area contributed by atoms with Crippen molar-refractivity contribution in [3.63, 3.8) is 0 Å². The molecule has 1 aliphatic rings.